The molecule has 6 heteroatoms. The highest BCUT2D eigenvalue weighted by Crippen LogP contribution is 2.20. The number of pyridine rings is 1. The van der Waals surface area contributed by atoms with Crippen molar-refractivity contribution in [1.29, 1.82) is 0 Å². The number of hydrogen-bond acceptors (Lipinski definition) is 5. The van der Waals surface area contributed by atoms with Gasteiger partial charge in [-0.15, -0.1) is 0 Å². The van der Waals surface area contributed by atoms with Crippen LogP contribution in [0.15, 0.2) is 43.0 Å². The third kappa shape index (κ3) is 2.89. The minimum atomic E-state index is 0.598. The van der Waals surface area contributed by atoms with Crippen LogP contribution in [-0.2, 0) is 13.6 Å². The molecule has 0 fully saturated rings. The largest absolute Gasteiger partial charge is 0.350 e. The molecule has 3 heterocycles. The Morgan fingerprint density at radius 1 is 1.19 bits per heavy atom. The maximum atomic E-state index is 4.59. The lowest BCUT2D eigenvalue weighted by molar-refractivity contribution is 0.772. The number of anilines is 1. The molecule has 0 saturated heterocycles. The topological polar surface area (TPSA) is 68.5 Å². The average molecular weight is 280 g/mol. The molecule has 0 aromatic carbocycles. The molecule has 0 radical (unpaired) electrons. The van der Waals surface area contributed by atoms with Crippen LogP contribution in [0.2, 0.25) is 0 Å². The van der Waals surface area contributed by atoms with Gasteiger partial charge in [-0.05, 0) is 30.2 Å². The lowest BCUT2D eigenvalue weighted by atomic mass is 10.2. The number of nitrogens with zero attached hydrogens (tertiary/aromatic N) is 5. The first-order valence-electron chi connectivity index (χ1n) is 6.69. The molecular weight excluding hydrogens is 264 g/mol. The fourth-order valence-electron chi connectivity index (χ4n) is 2.08. The third-order valence-electron chi connectivity index (χ3n) is 3.21. The van der Waals surface area contributed by atoms with Gasteiger partial charge in [0, 0.05) is 38.4 Å². The molecule has 6 nitrogen and oxygen atoms in total. The molecule has 0 aliphatic rings. The quantitative estimate of drug-likeness (QED) is 0.793. The van der Waals surface area contributed by atoms with E-state index in [1.165, 1.54) is 0 Å². The van der Waals surface area contributed by atoms with Gasteiger partial charge in [0.25, 0.3) is 0 Å². The molecule has 3 aromatic rings. The van der Waals surface area contributed by atoms with E-state index in [2.05, 4.69) is 25.4 Å². The lowest BCUT2D eigenvalue weighted by Gasteiger charge is -2.09. The Labute approximate surface area is 122 Å². The van der Waals surface area contributed by atoms with Gasteiger partial charge in [0.1, 0.15) is 0 Å². The number of rotatable bonds is 4. The van der Waals surface area contributed by atoms with Crippen LogP contribution in [0.25, 0.3) is 11.4 Å². The van der Waals surface area contributed by atoms with Crippen molar-refractivity contribution >= 4 is 5.95 Å². The Morgan fingerprint density at radius 3 is 2.81 bits per heavy atom. The van der Waals surface area contributed by atoms with Crippen molar-refractivity contribution < 1.29 is 0 Å². The summed E-state index contributed by atoms with van der Waals surface area (Å²) in [6.07, 6.45) is 7.16. The highest BCUT2D eigenvalue weighted by Gasteiger charge is 2.09. The van der Waals surface area contributed by atoms with Gasteiger partial charge in [-0.2, -0.15) is 5.10 Å². The molecule has 0 aliphatic carbocycles. The number of aryl methyl sites for hydroxylation is 2. The van der Waals surface area contributed by atoms with E-state index in [1.807, 2.05) is 44.6 Å². The number of hydrogen-bond donors (Lipinski definition) is 1. The van der Waals surface area contributed by atoms with E-state index in [4.69, 9.17) is 0 Å². The standard InChI is InChI=1S/C15H16N6/c1-11-8-17-15(18-10-12-4-3-6-16-9-12)20-14(11)13-5-7-19-21(13)2/h3-9H,10H2,1-2H3,(H,17,18,20). The van der Waals surface area contributed by atoms with Gasteiger partial charge >= 0.3 is 0 Å². The van der Waals surface area contributed by atoms with E-state index < -0.39 is 0 Å². The molecular formula is C15H16N6. The summed E-state index contributed by atoms with van der Waals surface area (Å²) in [6.45, 7) is 2.63. The smallest absolute Gasteiger partial charge is 0.223 e. The molecule has 0 atom stereocenters. The minimum Gasteiger partial charge on any atom is -0.350 e. The van der Waals surface area contributed by atoms with Crippen molar-refractivity contribution in [3.8, 4) is 11.4 Å². The second-order valence-corrected chi connectivity index (χ2v) is 4.78. The molecule has 21 heavy (non-hydrogen) atoms. The molecule has 0 bridgehead atoms. The summed E-state index contributed by atoms with van der Waals surface area (Å²) in [6, 6.07) is 5.87. The van der Waals surface area contributed by atoms with Gasteiger partial charge < -0.3 is 5.32 Å². The van der Waals surface area contributed by atoms with E-state index in [0.717, 1.165) is 22.5 Å². The van der Waals surface area contributed by atoms with Crippen molar-refractivity contribution in [1.82, 2.24) is 24.7 Å². The molecule has 0 spiro atoms. The average Bonchev–Trinajstić information content (AvgIpc) is 2.93. The second-order valence-electron chi connectivity index (χ2n) is 4.78. The third-order valence-corrected chi connectivity index (χ3v) is 3.21. The summed E-state index contributed by atoms with van der Waals surface area (Å²) in [5.41, 5.74) is 3.97. The molecule has 0 amide bonds. The van der Waals surface area contributed by atoms with E-state index in [9.17, 15) is 0 Å². The highest BCUT2D eigenvalue weighted by atomic mass is 15.3. The second kappa shape index (κ2) is 5.70. The summed E-state index contributed by atoms with van der Waals surface area (Å²) >= 11 is 0. The van der Waals surface area contributed by atoms with Crippen LogP contribution >= 0.6 is 0 Å². The van der Waals surface area contributed by atoms with Gasteiger partial charge in [-0.25, -0.2) is 9.97 Å². The number of aromatic nitrogens is 5. The predicted octanol–water partition coefficient (Wildman–Crippen LogP) is 2.19. The zero-order valence-electron chi connectivity index (χ0n) is 12.0. The van der Waals surface area contributed by atoms with Crippen molar-refractivity contribution in [3.63, 3.8) is 0 Å². The van der Waals surface area contributed by atoms with E-state index in [1.54, 1.807) is 17.1 Å². The lowest BCUT2D eigenvalue weighted by Crippen LogP contribution is -2.06. The van der Waals surface area contributed by atoms with Crippen LogP contribution in [0.1, 0.15) is 11.1 Å². The first-order valence-corrected chi connectivity index (χ1v) is 6.69. The molecule has 0 saturated carbocycles. The van der Waals surface area contributed by atoms with Crippen molar-refractivity contribution in [3.05, 3.63) is 54.1 Å². The SMILES string of the molecule is Cc1cnc(NCc2cccnc2)nc1-c1ccnn1C. The Morgan fingerprint density at radius 2 is 2.10 bits per heavy atom. The van der Waals surface area contributed by atoms with Crippen LogP contribution in [0.4, 0.5) is 5.95 Å². The fourth-order valence-corrected chi connectivity index (χ4v) is 2.08. The Balaban J connectivity index is 1.83. The van der Waals surface area contributed by atoms with E-state index in [0.29, 0.717) is 12.5 Å². The first-order chi connectivity index (χ1) is 10.2. The van der Waals surface area contributed by atoms with Gasteiger partial charge in [0.05, 0.1) is 11.4 Å². The summed E-state index contributed by atoms with van der Waals surface area (Å²) in [5.74, 6) is 0.598. The van der Waals surface area contributed by atoms with E-state index >= 15 is 0 Å². The Bertz CT molecular complexity index is 735. The van der Waals surface area contributed by atoms with Crippen molar-refractivity contribution in [2.45, 2.75) is 13.5 Å². The molecule has 1 N–H and O–H groups in total. The molecule has 106 valence electrons. The Kier molecular flexibility index (Phi) is 3.59. The minimum absolute atomic E-state index is 0.598. The summed E-state index contributed by atoms with van der Waals surface area (Å²) in [5, 5.41) is 7.40. The zero-order chi connectivity index (χ0) is 14.7. The normalized spacial score (nSPS) is 10.6. The van der Waals surface area contributed by atoms with E-state index in [-0.39, 0.29) is 0 Å². The van der Waals surface area contributed by atoms with Gasteiger partial charge in [0.15, 0.2) is 0 Å². The zero-order valence-corrected chi connectivity index (χ0v) is 12.0. The molecule has 3 rings (SSSR count). The van der Waals surface area contributed by atoms with Crippen LogP contribution in [0.5, 0.6) is 0 Å². The summed E-state index contributed by atoms with van der Waals surface area (Å²) in [4.78, 5) is 13.0. The molecule has 3 aromatic heterocycles. The van der Waals surface area contributed by atoms with Gasteiger partial charge in [-0.1, -0.05) is 6.07 Å². The monoisotopic (exact) mass is 280 g/mol. The first kappa shape index (κ1) is 13.2. The molecule has 0 unspecified atom stereocenters. The highest BCUT2D eigenvalue weighted by molar-refractivity contribution is 5.59. The maximum Gasteiger partial charge on any atom is 0.223 e. The van der Waals surface area contributed by atoms with Gasteiger partial charge in [-0.3, -0.25) is 9.67 Å². The van der Waals surface area contributed by atoms with Crippen LogP contribution in [0, 0.1) is 6.92 Å². The summed E-state index contributed by atoms with van der Waals surface area (Å²) in [7, 11) is 1.90. The fraction of sp³-hybridized carbons (Fsp3) is 0.200. The van der Waals surface area contributed by atoms with Crippen LogP contribution in [0.3, 0.4) is 0 Å². The molecule has 0 aliphatic heterocycles. The van der Waals surface area contributed by atoms with Crippen LogP contribution < -0.4 is 5.32 Å². The number of nitrogens with one attached hydrogen (secondary N) is 1. The Hall–Kier alpha value is -2.76. The van der Waals surface area contributed by atoms with Gasteiger partial charge in [0.2, 0.25) is 5.95 Å². The van der Waals surface area contributed by atoms with Crippen LogP contribution in [-0.4, -0.2) is 24.7 Å². The summed E-state index contributed by atoms with van der Waals surface area (Å²) < 4.78 is 1.81. The van der Waals surface area contributed by atoms with Crippen molar-refractivity contribution in [2.75, 3.05) is 5.32 Å². The van der Waals surface area contributed by atoms with Crippen molar-refractivity contribution in [2.24, 2.45) is 7.05 Å². The predicted molar refractivity (Wildman–Crippen MR) is 80.5 cm³/mol. The maximum absolute atomic E-state index is 4.59.